The minimum absolute atomic E-state index is 0.123. The number of benzene rings is 1. The highest BCUT2D eigenvalue weighted by Gasteiger charge is 2.63. The molecule has 1 aromatic rings. The van der Waals surface area contributed by atoms with Crippen LogP contribution in [-0.4, -0.2) is 62.8 Å². The fourth-order valence-electron chi connectivity index (χ4n) is 5.81. The molecule has 3 saturated heterocycles. The Bertz CT molecular complexity index is 873. The topological polar surface area (TPSA) is 69.7 Å². The van der Waals surface area contributed by atoms with Gasteiger partial charge in [-0.2, -0.15) is 4.31 Å². The quantitative estimate of drug-likeness (QED) is 0.813. The molecule has 1 atom stereocenters. The van der Waals surface area contributed by atoms with Crippen LogP contribution in [0.1, 0.15) is 38.7 Å². The predicted octanol–water partition coefficient (Wildman–Crippen LogP) is 2.24. The third-order valence-corrected chi connectivity index (χ3v) is 9.18. The lowest BCUT2D eigenvalue weighted by atomic mass is 9.60. The number of nitrogens with one attached hydrogen (secondary N) is 1. The number of hydrogen-bond acceptors (Lipinski definition) is 4. The van der Waals surface area contributed by atoms with Crippen LogP contribution in [0.15, 0.2) is 29.2 Å². The van der Waals surface area contributed by atoms with Crippen LogP contribution in [0.3, 0.4) is 0 Å². The van der Waals surface area contributed by atoms with Crippen LogP contribution < -0.4 is 5.32 Å². The van der Waals surface area contributed by atoms with Crippen LogP contribution in [0.5, 0.6) is 0 Å². The van der Waals surface area contributed by atoms with Gasteiger partial charge in [0.05, 0.1) is 10.3 Å². The van der Waals surface area contributed by atoms with Gasteiger partial charge in [0.1, 0.15) is 0 Å². The number of fused-ring (bicyclic) bond motifs is 1. The summed E-state index contributed by atoms with van der Waals surface area (Å²) in [5.41, 5.74) is 0.565. The summed E-state index contributed by atoms with van der Waals surface area (Å²) in [6, 6.07) is 7.08. The first-order chi connectivity index (χ1) is 13.7. The summed E-state index contributed by atoms with van der Waals surface area (Å²) in [6.45, 7) is 10.8. The van der Waals surface area contributed by atoms with Crippen molar-refractivity contribution in [1.82, 2.24) is 14.5 Å². The second kappa shape index (κ2) is 7.36. The number of likely N-dealkylation sites (tertiary alicyclic amines) is 1. The number of carbonyl (C=O) groups is 1. The first-order valence-electron chi connectivity index (χ1n) is 10.8. The number of carbonyl (C=O) groups excluding carboxylic acids is 1. The van der Waals surface area contributed by atoms with Crippen molar-refractivity contribution < 1.29 is 13.2 Å². The molecule has 4 rings (SSSR count). The molecule has 2 spiro atoms. The van der Waals surface area contributed by atoms with Crippen molar-refractivity contribution >= 4 is 15.9 Å². The first-order valence-corrected chi connectivity index (χ1v) is 12.2. The van der Waals surface area contributed by atoms with E-state index in [1.807, 2.05) is 19.1 Å². The molecule has 1 amide bonds. The van der Waals surface area contributed by atoms with Gasteiger partial charge in [-0.3, -0.25) is 4.79 Å². The summed E-state index contributed by atoms with van der Waals surface area (Å²) < 4.78 is 27.9. The van der Waals surface area contributed by atoms with Crippen LogP contribution >= 0.6 is 0 Å². The first kappa shape index (κ1) is 20.8. The van der Waals surface area contributed by atoms with Crippen molar-refractivity contribution in [2.75, 3.05) is 39.3 Å². The van der Waals surface area contributed by atoms with Gasteiger partial charge in [-0.05, 0) is 44.2 Å². The molecule has 1 unspecified atom stereocenters. The molecular formula is C22H33N3O3S. The lowest BCUT2D eigenvalue weighted by Crippen LogP contribution is -2.53. The second-order valence-corrected chi connectivity index (χ2v) is 11.6. The largest absolute Gasteiger partial charge is 0.356 e. The fourth-order valence-corrected chi connectivity index (χ4v) is 7.25. The molecule has 1 N–H and O–H groups in total. The van der Waals surface area contributed by atoms with Crippen molar-refractivity contribution in [3.8, 4) is 0 Å². The van der Waals surface area contributed by atoms with Gasteiger partial charge in [-0.25, -0.2) is 8.42 Å². The second-order valence-electron chi connectivity index (χ2n) is 9.65. The molecule has 0 radical (unpaired) electrons. The van der Waals surface area contributed by atoms with E-state index in [1.165, 1.54) is 0 Å². The Balaban J connectivity index is 1.56. The minimum atomic E-state index is -3.49. The number of sulfonamides is 1. The highest BCUT2D eigenvalue weighted by Crippen LogP contribution is 2.56. The number of aryl methyl sites for hydroxylation is 1. The summed E-state index contributed by atoms with van der Waals surface area (Å²) in [5, 5.41) is 3.07. The fraction of sp³-hybridized carbons (Fsp3) is 0.682. The number of amides is 1. The van der Waals surface area contributed by atoms with E-state index in [4.69, 9.17) is 0 Å². The van der Waals surface area contributed by atoms with Gasteiger partial charge in [0.2, 0.25) is 15.9 Å². The van der Waals surface area contributed by atoms with Gasteiger partial charge in [-0.1, -0.05) is 31.5 Å². The van der Waals surface area contributed by atoms with Crippen LogP contribution in [0.4, 0.5) is 0 Å². The third kappa shape index (κ3) is 3.41. The maximum Gasteiger partial charge on any atom is 0.243 e. The highest BCUT2D eigenvalue weighted by atomic mass is 32.2. The average Bonchev–Trinajstić information content (AvgIpc) is 3.17. The van der Waals surface area contributed by atoms with Crippen molar-refractivity contribution in [1.29, 1.82) is 0 Å². The normalized spacial score (nSPS) is 27.9. The maximum atomic E-state index is 13.1. The van der Waals surface area contributed by atoms with Gasteiger partial charge < -0.3 is 10.2 Å². The van der Waals surface area contributed by atoms with E-state index in [-0.39, 0.29) is 16.7 Å². The standard InChI is InChI=1S/C22H33N3O3S/c1-17(2)14-24-15-21(22(16-24)8-11-23-20(22)26)9-12-25(13-10-21)29(27,28)19-6-4-18(3)5-7-19/h4-7,17H,8-16H2,1-3H3,(H,23,26). The lowest BCUT2D eigenvalue weighted by molar-refractivity contribution is -0.133. The van der Waals surface area contributed by atoms with Gasteiger partial charge in [0, 0.05) is 44.7 Å². The van der Waals surface area contributed by atoms with Crippen LogP contribution in [0.25, 0.3) is 0 Å². The Morgan fingerprint density at radius 1 is 1.07 bits per heavy atom. The summed E-state index contributed by atoms with van der Waals surface area (Å²) in [5.74, 6) is 0.729. The molecule has 7 heteroatoms. The molecule has 6 nitrogen and oxygen atoms in total. The Hall–Kier alpha value is -1.44. The molecule has 1 aromatic carbocycles. The molecule has 0 bridgehead atoms. The van der Waals surface area contributed by atoms with Crippen molar-refractivity contribution in [3.05, 3.63) is 29.8 Å². The Morgan fingerprint density at radius 3 is 2.28 bits per heavy atom. The average molecular weight is 420 g/mol. The van der Waals surface area contributed by atoms with E-state index in [1.54, 1.807) is 16.4 Å². The van der Waals surface area contributed by atoms with Crippen molar-refractivity contribution in [3.63, 3.8) is 0 Å². The van der Waals surface area contributed by atoms with Crippen molar-refractivity contribution in [2.24, 2.45) is 16.7 Å². The van der Waals surface area contributed by atoms with Gasteiger partial charge in [0.15, 0.2) is 0 Å². The van der Waals surface area contributed by atoms with E-state index >= 15 is 0 Å². The molecule has 3 aliphatic rings. The van der Waals surface area contributed by atoms with Crippen LogP contribution in [-0.2, 0) is 14.8 Å². The summed E-state index contributed by atoms with van der Waals surface area (Å²) >= 11 is 0. The summed E-state index contributed by atoms with van der Waals surface area (Å²) in [7, 11) is -3.49. The molecule has 0 aromatic heterocycles. The summed E-state index contributed by atoms with van der Waals surface area (Å²) in [6.07, 6.45) is 2.37. The van der Waals surface area contributed by atoms with E-state index < -0.39 is 10.0 Å². The molecule has 3 aliphatic heterocycles. The van der Waals surface area contributed by atoms with Crippen LogP contribution in [0.2, 0.25) is 0 Å². The van der Waals surface area contributed by atoms with E-state index in [0.29, 0.717) is 23.9 Å². The Kier molecular flexibility index (Phi) is 5.28. The van der Waals surface area contributed by atoms with Gasteiger partial charge in [0.25, 0.3) is 0 Å². The predicted molar refractivity (Wildman–Crippen MR) is 113 cm³/mol. The van der Waals surface area contributed by atoms with Gasteiger partial charge >= 0.3 is 0 Å². The SMILES string of the molecule is Cc1ccc(S(=O)(=O)N2CCC3(CC2)CN(CC(C)C)CC32CCNC2=O)cc1. The number of rotatable bonds is 4. The smallest absolute Gasteiger partial charge is 0.243 e. The molecular weight excluding hydrogens is 386 g/mol. The molecule has 0 aliphatic carbocycles. The van der Waals surface area contributed by atoms with E-state index in [2.05, 4.69) is 24.1 Å². The number of piperidine rings is 1. The molecule has 3 heterocycles. The Labute approximate surface area is 174 Å². The van der Waals surface area contributed by atoms with Crippen molar-refractivity contribution in [2.45, 2.75) is 44.9 Å². The zero-order valence-corrected chi connectivity index (χ0v) is 18.6. The van der Waals surface area contributed by atoms with Gasteiger partial charge in [-0.15, -0.1) is 0 Å². The molecule has 29 heavy (non-hydrogen) atoms. The van der Waals surface area contributed by atoms with Crippen LogP contribution in [0, 0.1) is 23.7 Å². The lowest BCUT2D eigenvalue weighted by Gasteiger charge is -2.46. The molecule has 0 saturated carbocycles. The molecule has 3 fully saturated rings. The third-order valence-electron chi connectivity index (χ3n) is 7.27. The maximum absolute atomic E-state index is 13.1. The zero-order chi connectivity index (χ0) is 20.9. The monoisotopic (exact) mass is 419 g/mol. The highest BCUT2D eigenvalue weighted by molar-refractivity contribution is 7.89. The molecule has 160 valence electrons. The Morgan fingerprint density at radius 2 is 1.72 bits per heavy atom. The van der Waals surface area contributed by atoms with E-state index in [9.17, 15) is 13.2 Å². The number of nitrogens with zero attached hydrogens (tertiary/aromatic N) is 2. The number of hydrogen-bond donors (Lipinski definition) is 1. The zero-order valence-electron chi connectivity index (χ0n) is 17.8. The summed E-state index contributed by atoms with van der Waals surface area (Å²) in [4.78, 5) is 15.8. The van der Waals surface area contributed by atoms with E-state index in [0.717, 1.165) is 51.0 Å². The minimum Gasteiger partial charge on any atom is -0.356 e.